The van der Waals surface area contributed by atoms with Crippen LogP contribution in [0.2, 0.25) is 0 Å². The zero-order valence-electron chi connectivity index (χ0n) is 16.9. The van der Waals surface area contributed by atoms with E-state index in [-0.39, 0.29) is 5.91 Å². The Bertz CT molecular complexity index is 1010. The van der Waals surface area contributed by atoms with Crippen LogP contribution >= 0.6 is 0 Å². The molecule has 3 aromatic rings. The third-order valence-corrected chi connectivity index (χ3v) is 5.42. The number of carbonyl (C=O) groups excluding carboxylic acids is 1. The summed E-state index contributed by atoms with van der Waals surface area (Å²) >= 11 is 0. The molecule has 1 saturated heterocycles. The van der Waals surface area contributed by atoms with Crippen molar-refractivity contribution in [3.8, 4) is 17.0 Å². The number of aromatic nitrogens is 3. The first kappa shape index (κ1) is 19.1. The first-order chi connectivity index (χ1) is 14.1. The third kappa shape index (κ3) is 3.85. The first-order valence-electron chi connectivity index (χ1n) is 9.73. The summed E-state index contributed by atoms with van der Waals surface area (Å²) in [6.07, 6.45) is 5.10. The lowest BCUT2D eigenvalue weighted by atomic mass is 9.98. The minimum Gasteiger partial charge on any atom is -0.497 e. The summed E-state index contributed by atoms with van der Waals surface area (Å²) in [7, 11) is 1.60. The van der Waals surface area contributed by atoms with Crippen molar-refractivity contribution in [2.24, 2.45) is 5.92 Å². The molecule has 1 atom stereocenters. The minimum atomic E-state index is 0.0384. The summed E-state index contributed by atoms with van der Waals surface area (Å²) in [5.74, 6) is 1.80. The summed E-state index contributed by atoms with van der Waals surface area (Å²) in [5, 5.41) is 4.04. The van der Waals surface area contributed by atoms with Gasteiger partial charge < -0.3 is 14.2 Å². The highest BCUT2D eigenvalue weighted by Gasteiger charge is 2.29. The number of carbonyl (C=O) groups is 1. The molecule has 1 aliphatic rings. The number of hydrogen-bond acceptors (Lipinski definition) is 6. The van der Waals surface area contributed by atoms with Crippen LogP contribution in [0.1, 0.15) is 33.9 Å². The van der Waals surface area contributed by atoms with Gasteiger partial charge in [-0.05, 0) is 50.8 Å². The largest absolute Gasteiger partial charge is 0.497 e. The quantitative estimate of drug-likeness (QED) is 0.661. The van der Waals surface area contributed by atoms with Crippen molar-refractivity contribution >= 4 is 5.91 Å². The van der Waals surface area contributed by atoms with E-state index in [1.165, 1.54) is 0 Å². The Morgan fingerprint density at radius 3 is 2.86 bits per heavy atom. The van der Waals surface area contributed by atoms with E-state index in [0.29, 0.717) is 23.8 Å². The van der Waals surface area contributed by atoms with Crippen molar-refractivity contribution in [3.05, 3.63) is 59.4 Å². The Morgan fingerprint density at radius 2 is 2.10 bits per heavy atom. The summed E-state index contributed by atoms with van der Waals surface area (Å²) in [6, 6.07) is 7.30. The van der Waals surface area contributed by atoms with E-state index in [9.17, 15) is 4.79 Å². The molecule has 0 N–H and O–H groups in total. The van der Waals surface area contributed by atoms with Gasteiger partial charge in [0.1, 0.15) is 11.5 Å². The van der Waals surface area contributed by atoms with Crippen molar-refractivity contribution in [2.45, 2.75) is 26.7 Å². The lowest BCUT2D eigenvalue weighted by Crippen LogP contribution is -2.29. The molecule has 7 heteroatoms. The van der Waals surface area contributed by atoms with Crippen molar-refractivity contribution in [1.29, 1.82) is 0 Å². The first-order valence-corrected chi connectivity index (χ1v) is 9.73. The average Bonchev–Trinajstić information content (AvgIpc) is 3.34. The number of rotatable bonds is 5. The Morgan fingerprint density at radius 1 is 1.28 bits per heavy atom. The molecular weight excluding hydrogens is 368 g/mol. The van der Waals surface area contributed by atoms with Gasteiger partial charge in [-0.1, -0.05) is 11.2 Å². The number of nitrogens with zero attached hydrogens (tertiary/aromatic N) is 4. The molecule has 3 heterocycles. The molecule has 0 aliphatic carbocycles. The second kappa shape index (κ2) is 8.03. The van der Waals surface area contributed by atoms with Crippen LogP contribution in [0.3, 0.4) is 0 Å². The van der Waals surface area contributed by atoms with Gasteiger partial charge in [0.25, 0.3) is 5.91 Å². The number of hydrogen-bond donors (Lipinski definition) is 0. The molecule has 0 saturated carbocycles. The summed E-state index contributed by atoms with van der Waals surface area (Å²) in [6.45, 7) is 5.24. The van der Waals surface area contributed by atoms with E-state index in [1.807, 2.05) is 36.9 Å². The fourth-order valence-corrected chi connectivity index (χ4v) is 3.94. The van der Waals surface area contributed by atoms with E-state index >= 15 is 0 Å². The van der Waals surface area contributed by atoms with Crippen LogP contribution in [-0.2, 0) is 6.42 Å². The van der Waals surface area contributed by atoms with Gasteiger partial charge in [0.05, 0.1) is 29.8 Å². The molecule has 2 aromatic heterocycles. The highest BCUT2D eigenvalue weighted by molar-refractivity contribution is 5.94. The number of benzene rings is 1. The molecule has 0 spiro atoms. The smallest absolute Gasteiger partial charge is 0.253 e. The van der Waals surface area contributed by atoms with Crippen molar-refractivity contribution < 1.29 is 14.1 Å². The number of amides is 1. The molecule has 0 bridgehead atoms. The van der Waals surface area contributed by atoms with E-state index in [1.54, 1.807) is 25.6 Å². The average molecular weight is 392 g/mol. The molecule has 1 fully saturated rings. The fraction of sp³-hybridized carbons (Fsp3) is 0.364. The van der Waals surface area contributed by atoms with Crippen LogP contribution in [0.4, 0.5) is 0 Å². The Balaban J connectivity index is 1.49. The van der Waals surface area contributed by atoms with Crippen molar-refractivity contribution in [1.82, 2.24) is 20.0 Å². The second-order valence-electron chi connectivity index (χ2n) is 7.39. The predicted molar refractivity (Wildman–Crippen MR) is 108 cm³/mol. The van der Waals surface area contributed by atoms with Crippen molar-refractivity contribution in [3.63, 3.8) is 0 Å². The summed E-state index contributed by atoms with van der Waals surface area (Å²) < 4.78 is 10.5. The summed E-state index contributed by atoms with van der Waals surface area (Å²) in [5.41, 5.74) is 4.12. The van der Waals surface area contributed by atoms with Crippen molar-refractivity contribution in [2.75, 3.05) is 20.2 Å². The van der Waals surface area contributed by atoms with Gasteiger partial charge in [-0.25, -0.2) is 0 Å². The topological polar surface area (TPSA) is 81.4 Å². The van der Waals surface area contributed by atoms with Gasteiger partial charge in [-0.3, -0.25) is 14.8 Å². The van der Waals surface area contributed by atoms with Gasteiger partial charge in [-0.2, -0.15) is 0 Å². The molecule has 0 radical (unpaired) electrons. The lowest BCUT2D eigenvalue weighted by Gasteiger charge is -2.17. The molecule has 7 nitrogen and oxygen atoms in total. The highest BCUT2D eigenvalue weighted by atomic mass is 16.5. The Hall–Kier alpha value is -3.22. The van der Waals surface area contributed by atoms with Crippen LogP contribution in [0, 0.1) is 19.8 Å². The fourth-order valence-electron chi connectivity index (χ4n) is 3.94. The molecule has 1 amide bonds. The van der Waals surface area contributed by atoms with Gasteiger partial charge in [-0.15, -0.1) is 0 Å². The monoisotopic (exact) mass is 392 g/mol. The number of methoxy groups -OCH3 is 1. The van der Waals surface area contributed by atoms with Gasteiger partial charge in [0.15, 0.2) is 0 Å². The van der Waals surface area contributed by atoms with Crippen LogP contribution in [0.25, 0.3) is 11.3 Å². The summed E-state index contributed by atoms with van der Waals surface area (Å²) in [4.78, 5) is 23.9. The standard InChI is InChI=1S/C22H24N4O3/c1-14-20(15(2)29-25-14)21-19(23-8-9-24-21)11-16-7-10-26(13-16)22(27)17-5-4-6-18(12-17)28-3/h4-6,8-9,12,16H,7,10-11,13H2,1-3H3/t16-/m0/s1. The van der Waals surface area contributed by atoms with E-state index in [0.717, 1.165) is 47.8 Å². The molecular formula is C22H24N4O3. The zero-order chi connectivity index (χ0) is 20.4. The van der Waals surface area contributed by atoms with Gasteiger partial charge >= 0.3 is 0 Å². The molecule has 1 aromatic carbocycles. The molecule has 29 heavy (non-hydrogen) atoms. The maximum absolute atomic E-state index is 12.9. The number of aryl methyl sites for hydroxylation is 2. The van der Waals surface area contributed by atoms with Crippen LogP contribution in [0.15, 0.2) is 41.2 Å². The SMILES string of the molecule is COc1cccc(C(=O)N2CC[C@@H](Cc3nccnc3-c3c(C)noc3C)C2)c1. The van der Waals surface area contributed by atoms with E-state index < -0.39 is 0 Å². The van der Waals surface area contributed by atoms with E-state index in [2.05, 4.69) is 15.1 Å². The second-order valence-corrected chi connectivity index (χ2v) is 7.39. The molecule has 4 rings (SSSR count). The number of likely N-dealkylation sites (tertiary alicyclic amines) is 1. The third-order valence-electron chi connectivity index (χ3n) is 5.42. The maximum Gasteiger partial charge on any atom is 0.253 e. The van der Waals surface area contributed by atoms with Crippen LogP contribution < -0.4 is 4.74 Å². The zero-order valence-corrected chi connectivity index (χ0v) is 16.9. The van der Waals surface area contributed by atoms with E-state index in [4.69, 9.17) is 9.26 Å². The molecule has 1 aliphatic heterocycles. The predicted octanol–water partition coefficient (Wildman–Crippen LogP) is 3.46. The highest BCUT2D eigenvalue weighted by Crippen LogP contribution is 2.30. The molecule has 0 unspecified atom stereocenters. The Labute approximate surface area is 169 Å². The lowest BCUT2D eigenvalue weighted by molar-refractivity contribution is 0.0786. The number of ether oxygens (including phenoxy) is 1. The Kier molecular flexibility index (Phi) is 5.29. The van der Waals surface area contributed by atoms with Crippen LogP contribution in [-0.4, -0.2) is 46.1 Å². The van der Waals surface area contributed by atoms with Crippen LogP contribution in [0.5, 0.6) is 5.75 Å². The van der Waals surface area contributed by atoms with Gasteiger partial charge in [0, 0.05) is 31.0 Å². The maximum atomic E-state index is 12.9. The minimum absolute atomic E-state index is 0.0384. The normalized spacial score (nSPS) is 16.2. The van der Waals surface area contributed by atoms with Gasteiger partial charge in [0.2, 0.25) is 0 Å². The molecule has 150 valence electrons.